The Kier molecular flexibility index (Phi) is 8.55. The molecule has 0 saturated heterocycles. The largest absolute Gasteiger partial charge is 0.511 e. The van der Waals surface area contributed by atoms with Gasteiger partial charge in [0.1, 0.15) is 23.2 Å². The molecule has 3 aliphatic rings. The maximum Gasteiger partial charge on any atom is 0.303 e. The highest BCUT2D eigenvalue weighted by Crippen LogP contribution is 2.61. The molecule has 1 heterocycles. The summed E-state index contributed by atoms with van der Waals surface area (Å²) in [4.78, 5) is 40.1. The van der Waals surface area contributed by atoms with Gasteiger partial charge in [0, 0.05) is 11.5 Å². The summed E-state index contributed by atoms with van der Waals surface area (Å²) < 4.78 is 6.19. The fraction of sp³-hybridized carbons (Fsp3) is 0.656. The van der Waals surface area contributed by atoms with Gasteiger partial charge in [-0.15, -0.1) is 0 Å². The number of aliphatic hydroxyl groups is 1. The van der Waals surface area contributed by atoms with Crippen molar-refractivity contribution >= 4 is 17.5 Å². The van der Waals surface area contributed by atoms with Crippen molar-refractivity contribution in [3.63, 3.8) is 0 Å². The first-order valence-corrected chi connectivity index (χ1v) is 14.0. The van der Waals surface area contributed by atoms with Crippen molar-refractivity contribution in [3.8, 4) is 0 Å². The number of hydrogen-bond donors (Lipinski definition) is 2. The lowest BCUT2D eigenvalue weighted by Gasteiger charge is -2.56. The third kappa shape index (κ3) is 5.03. The molecule has 0 spiro atoms. The van der Waals surface area contributed by atoms with Crippen molar-refractivity contribution in [3.05, 3.63) is 46.5 Å². The van der Waals surface area contributed by atoms with Crippen LogP contribution < -0.4 is 0 Å². The van der Waals surface area contributed by atoms with E-state index in [9.17, 15) is 24.6 Å². The molecule has 6 heteroatoms. The van der Waals surface area contributed by atoms with Crippen molar-refractivity contribution < 1.29 is 29.3 Å². The Bertz CT molecular complexity index is 1110. The quantitative estimate of drug-likeness (QED) is 0.232. The van der Waals surface area contributed by atoms with E-state index in [2.05, 4.69) is 20.4 Å². The number of carbonyl (C=O) groups excluding carboxylic acids is 2. The van der Waals surface area contributed by atoms with Crippen LogP contribution in [0, 0.1) is 34.5 Å². The number of Topliss-reactive ketones (excluding diaryl/α,β-unsaturated/α-hetero) is 2. The van der Waals surface area contributed by atoms with Crippen molar-refractivity contribution in [2.45, 2.75) is 100 Å². The minimum Gasteiger partial charge on any atom is -0.511 e. The SMILES string of the molecule is C=C(C)C1CC(CC2(CC=C(C)C)C(=O)C3=C(O[C@@H](C)[C@@H](C)C3=O)C(C(CCC)CC(=O)O)=C2O)C1(C)C. The lowest BCUT2D eigenvalue weighted by molar-refractivity contribution is -0.137. The summed E-state index contributed by atoms with van der Waals surface area (Å²) in [5.41, 5.74) is 0.975. The third-order valence-electron chi connectivity index (χ3n) is 9.50. The Morgan fingerprint density at radius 2 is 1.84 bits per heavy atom. The van der Waals surface area contributed by atoms with Crippen LogP contribution >= 0.6 is 0 Å². The Morgan fingerprint density at radius 3 is 2.34 bits per heavy atom. The van der Waals surface area contributed by atoms with Crippen molar-refractivity contribution in [2.24, 2.45) is 34.5 Å². The molecule has 0 amide bonds. The van der Waals surface area contributed by atoms with Crippen molar-refractivity contribution in [2.75, 3.05) is 0 Å². The molecule has 0 radical (unpaired) electrons. The van der Waals surface area contributed by atoms with Crippen LogP contribution in [0.15, 0.2) is 46.5 Å². The number of ketones is 2. The van der Waals surface area contributed by atoms with E-state index in [1.165, 1.54) is 0 Å². The summed E-state index contributed by atoms with van der Waals surface area (Å²) in [5.74, 6) is -2.35. The minimum atomic E-state index is -1.35. The van der Waals surface area contributed by atoms with Gasteiger partial charge in [0.05, 0.1) is 17.8 Å². The van der Waals surface area contributed by atoms with Gasteiger partial charge in [-0.2, -0.15) is 0 Å². The lowest BCUT2D eigenvalue weighted by Crippen LogP contribution is -2.52. The zero-order valence-corrected chi connectivity index (χ0v) is 24.4. The van der Waals surface area contributed by atoms with E-state index in [1.54, 1.807) is 13.8 Å². The summed E-state index contributed by atoms with van der Waals surface area (Å²) in [7, 11) is 0. The molecule has 4 unspecified atom stereocenters. The van der Waals surface area contributed by atoms with Gasteiger partial charge < -0.3 is 14.9 Å². The summed E-state index contributed by atoms with van der Waals surface area (Å²) in [6.45, 7) is 19.9. The Morgan fingerprint density at radius 1 is 1.21 bits per heavy atom. The molecule has 38 heavy (non-hydrogen) atoms. The number of carboxylic acids is 1. The van der Waals surface area contributed by atoms with Crippen LogP contribution in [0.3, 0.4) is 0 Å². The molecule has 1 aliphatic heterocycles. The standard InChI is InChI=1S/C32H46O6/c1-10-11-21(14-24(33)34)25-28-26(27(35)19(6)20(7)38-28)30(37)32(29(25)36,13-12-17(2)3)16-22-15-23(18(4)5)31(22,8)9/h12,19-23,36H,4,10-11,13-16H2,1-3,5-9H3,(H,33,34)/t19-,20+,21?,22?,23?,32?/m1/s1. The molecule has 0 aromatic carbocycles. The number of rotatable bonds is 10. The van der Waals surface area contributed by atoms with E-state index < -0.39 is 35.1 Å². The second kappa shape index (κ2) is 10.9. The molecular formula is C32H46O6. The fourth-order valence-electron chi connectivity index (χ4n) is 6.77. The molecule has 0 aromatic rings. The van der Waals surface area contributed by atoms with Crippen LogP contribution in [0.2, 0.25) is 0 Å². The first-order chi connectivity index (χ1) is 17.6. The van der Waals surface area contributed by atoms with Gasteiger partial charge in [-0.05, 0) is 70.6 Å². The maximum absolute atomic E-state index is 14.5. The monoisotopic (exact) mass is 526 g/mol. The number of carboxylic acid groups (broad SMARTS) is 1. The number of carbonyl (C=O) groups is 3. The first-order valence-electron chi connectivity index (χ1n) is 14.0. The Hall–Kier alpha value is -2.63. The highest BCUT2D eigenvalue weighted by Gasteiger charge is 2.59. The molecule has 6 atom stereocenters. The second-order valence-corrected chi connectivity index (χ2v) is 12.8. The van der Waals surface area contributed by atoms with E-state index >= 15 is 0 Å². The van der Waals surface area contributed by atoms with Crippen LogP contribution in [0.5, 0.6) is 0 Å². The predicted octanol–water partition coefficient (Wildman–Crippen LogP) is 7.12. The zero-order valence-electron chi connectivity index (χ0n) is 24.4. The van der Waals surface area contributed by atoms with E-state index in [1.807, 2.05) is 33.8 Å². The number of hydrogen-bond acceptors (Lipinski definition) is 5. The van der Waals surface area contributed by atoms with E-state index in [4.69, 9.17) is 4.74 Å². The number of aliphatic carboxylic acids is 1. The third-order valence-corrected chi connectivity index (χ3v) is 9.50. The molecule has 1 fully saturated rings. The number of allylic oxidation sites excluding steroid dienone is 6. The van der Waals surface area contributed by atoms with Crippen LogP contribution in [-0.2, 0) is 19.1 Å². The Balaban J connectivity index is 2.29. The molecule has 0 bridgehead atoms. The van der Waals surface area contributed by atoms with Crippen LogP contribution in [0.4, 0.5) is 0 Å². The molecule has 3 rings (SSSR count). The minimum absolute atomic E-state index is 0.00521. The molecule has 2 aliphatic carbocycles. The summed E-state index contributed by atoms with van der Waals surface area (Å²) in [6.07, 6.45) is 3.89. The summed E-state index contributed by atoms with van der Waals surface area (Å²) >= 11 is 0. The van der Waals surface area contributed by atoms with Gasteiger partial charge in [0.15, 0.2) is 11.6 Å². The van der Waals surface area contributed by atoms with Crippen LogP contribution in [0.25, 0.3) is 0 Å². The smallest absolute Gasteiger partial charge is 0.303 e. The van der Waals surface area contributed by atoms with E-state index in [-0.39, 0.29) is 47.0 Å². The van der Waals surface area contributed by atoms with Crippen LogP contribution in [0.1, 0.15) is 93.9 Å². The van der Waals surface area contributed by atoms with Gasteiger partial charge in [-0.3, -0.25) is 14.4 Å². The summed E-state index contributed by atoms with van der Waals surface area (Å²) in [5, 5.41) is 21.9. The van der Waals surface area contributed by atoms with Gasteiger partial charge >= 0.3 is 5.97 Å². The topological polar surface area (TPSA) is 101 Å². The second-order valence-electron chi connectivity index (χ2n) is 12.8. The van der Waals surface area contributed by atoms with Gasteiger partial charge in [-0.1, -0.05) is 57.9 Å². The van der Waals surface area contributed by atoms with Crippen LogP contribution in [-0.4, -0.2) is 33.9 Å². The van der Waals surface area contributed by atoms with E-state index in [0.717, 1.165) is 17.6 Å². The number of aliphatic hydroxyl groups excluding tert-OH is 1. The molecule has 2 N–H and O–H groups in total. The zero-order chi connectivity index (χ0) is 28.7. The molecular weight excluding hydrogens is 480 g/mol. The van der Waals surface area contributed by atoms with Gasteiger partial charge in [0.2, 0.25) is 0 Å². The van der Waals surface area contributed by atoms with Crippen molar-refractivity contribution in [1.82, 2.24) is 0 Å². The first kappa shape index (κ1) is 29.9. The average molecular weight is 527 g/mol. The summed E-state index contributed by atoms with van der Waals surface area (Å²) in [6, 6.07) is 0. The highest BCUT2D eigenvalue weighted by atomic mass is 16.5. The van der Waals surface area contributed by atoms with Gasteiger partial charge in [0.25, 0.3) is 0 Å². The molecule has 0 aromatic heterocycles. The normalized spacial score (nSPS) is 31.3. The Labute approximate surface area is 227 Å². The fourth-order valence-corrected chi connectivity index (χ4v) is 6.77. The lowest BCUT2D eigenvalue weighted by atomic mass is 9.48. The predicted molar refractivity (Wildman–Crippen MR) is 148 cm³/mol. The number of ether oxygens (including phenoxy) is 1. The highest BCUT2D eigenvalue weighted by molar-refractivity contribution is 6.25. The van der Waals surface area contributed by atoms with E-state index in [0.29, 0.717) is 30.8 Å². The molecule has 1 saturated carbocycles. The molecule has 210 valence electrons. The maximum atomic E-state index is 14.5. The average Bonchev–Trinajstić information content (AvgIpc) is 2.80. The van der Waals surface area contributed by atoms with Gasteiger partial charge in [-0.25, -0.2) is 0 Å². The molecule has 6 nitrogen and oxygen atoms in total. The van der Waals surface area contributed by atoms with Crippen molar-refractivity contribution in [1.29, 1.82) is 0 Å².